The topological polar surface area (TPSA) is 183 Å². The molecule has 0 bridgehead atoms. The zero-order valence-electron chi connectivity index (χ0n) is 20.7. The van der Waals surface area contributed by atoms with Crippen molar-refractivity contribution >= 4 is 29.3 Å². The van der Waals surface area contributed by atoms with E-state index in [1.807, 2.05) is 0 Å². The van der Waals surface area contributed by atoms with E-state index in [9.17, 15) is 34.5 Å². The average Bonchev–Trinajstić information content (AvgIpc) is 3.08. The summed E-state index contributed by atoms with van der Waals surface area (Å²) < 4.78 is 0.936. The Kier molecular flexibility index (Phi) is 15.4. The summed E-state index contributed by atoms with van der Waals surface area (Å²) in [5.74, 6) is -4.67. The summed E-state index contributed by atoms with van der Waals surface area (Å²) in [4.78, 5) is 46.8. The van der Waals surface area contributed by atoms with Gasteiger partial charge in [0.15, 0.2) is 5.69 Å². The number of hydrogen-bond donors (Lipinski definition) is 1. The molecule has 0 radical (unpaired) electrons. The maximum atomic E-state index is 13.1. The molecule has 0 aliphatic rings. The molecule has 36 heavy (non-hydrogen) atoms. The first-order valence-electron chi connectivity index (χ1n) is 9.55. The molecule has 0 aliphatic heterocycles. The molecule has 0 amide bonds. The molecule has 3 aromatic rings. The van der Waals surface area contributed by atoms with Gasteiger partial charge in [-0.25, -0.2) is 4.68 Å². The summed E-state index contributed by atoms with van der Waals surface area (Å²) in [6.07, 6.45) is 0. The van der Waals surface area contributed by atoms with Gasteiger partial charge in [0.1, 0.15) is 0 Å². The molecule has 0 fully saturated rings. The fourth-order valence-electron chi connectivity index (χ4n) is 3.00. The molecule has 3 rings (SSSR count). The summed E-state index contributed by atoms with van der Waals surface area (Å²) in [6, 6.07) is 8.44. The van der Waals surface area contributed by atoms with Crippen LogP contribution in [0.25, 0.3) is 5.69 Å². The average molecular weight is 567 g/mol. The maximum Gasteiger partial charge on any atom is 1.00 e. The monoisotopic (exact) mass is 566 g/mol. The maximum absolute atomic E-state index is 13.1. The largest absolute Gasteiger partial charge is 1.00 e. The number of carbonyl (C=O) groups excluding carboxylic acids is 3. The van der Waals surface area contributed by atoms with E-state index in [-0.39, 0.29) is 177 Å². The molecule has 0 unspecified atom stereocenters. The Morgan fingerprint density at radius 2 is 1.33 bits per heavy atom. The second-order valence-electron chi connectivity index (χ2n) is 8.11. The van der Waals surface area contributed by atoms with Crippen molar-refractivity contribution in [3.8, 4) is 5.69 Å². The Morgan fingerprint density at radius 3 is 1.81 bits per heavy atom. The molecule has 14 heteroatoms. The number of H-pyrrole nitrogens is 1. The van der Waals surface area contributed by atoms with Crippen molar-refractivity contribution in [1.82, 2.24) is 9.78 Å². The van der Waals surface area contributed by atoms with Crippen LogP contribution in [0.15, 0.2) is 57.5 Å². The minimum atomic E-state index is -1.64. The van der Waals surface area contributed by atoms with Crippen LogP contribution in [0.4, 0.5) is 11.4 Å². The van der Waals surface area contributed by atoms with Gasteiger partial charge >= 0.3 is 154 Å². The van der Waals surface area contributed by atoms with Crippen LogP contribution in [-0.2, 0) is 5.41 Å². The number of carboxylic acids is 3. The first-order valence-corrected chi connectivity index (χ1v) is 9.55. The van der Waals surface area contributed by atoms with E-state index < -0.39 is 40.0 Å². The minimum Gasteiger partial charge on any atom is -0.545 e. The van der Waals surface area contributed by atoms with Gasteiger partial charge in [-0.15, -0.1) is 5.11 Å². The van der Waals surface area contributed by atoms with Crippen LogP contribution in [0, 0.1) is 0 Å². The molecule has 2 aromatic carbocycles. The third kappa shape index (κ3) is 8.96. The van der Waals surface area contributed by atoms with Crippen molar-refractivity contribution in [3.63, 3.8) is 0 Å². The number of nitrogens with one attached hydrogen (secondary N) is 1. The zero-order chi connectivity index (χ0) is 24.5. The number of aromatic amines is 1. The molecular formula is C22H17K3N4O7. The molecule has 0 aliphatic carbocycles. The molecule has 0 saturated carbocycles. The molecule has 0 saturated heterocycles. The van der Waals surface area contributed by atoms with Crippen LogP contribution >= 0.6 is 0 Å². The molecule has 0 atom stereocenters. The van der Waals surface area contributed by atoms with Gasteiger partial charge in [-0.2, -0.15) is 5.11 Å². The van der Waals surface area contributed by atoms with Crippen molar-refractivity contribution in [2.75, 3.05) is 0 Å². The van der Waals surface area contributed by atoms with Gasteiger partial charge in [0.05, 0.1) is 35.0 Å². The third-order valence-corrected chi connectivity index (χ3v) is 4.61. The normalized spacial score (nSPS) is 10.6. The molecule has 11 nitrogen and oxygen atoms in total. The number of aromatic carboxylic acids is 3. The Balaban J connectivity index is 0.00000408. The van der Waals surface area contributed by atoms with Crippen molar-refractivity contribution in [3.05, 3.63) is 75.2 Å². The number of aromatic nitrogens is 2. The van der Waals surface area contributed by atoms with E-state index in [1.165, 1.54) is 24.3 Å². The van der Waals surface area contributed by atoms with Gasteiger partial charge in [-0.3, -0.25) is 9.89 Å². The summed E-state index contributed by atoms with van der Waals surface area (Å²) >= 11 is 0. The number of hydrogen-bond acceptors (Lipinski definition) is 9. The summed E-state index contributed by atoms with van der Waals surface area (Å²) in [5.41, 5.74) is -2.19. The Labute approximate surface area is 333 Å². The number of carboxylic acid groups (broad SMARTS) is 3. The van der Waals surface area contributed by atoms with Crippen LogP contribution in [0.2, 0.25) is 0 Å². The number of nitrogens with zero attached hydrogens (tertiary/aromatic N) is 3. The molecule has 170 valence electrons. The van der Waals surface area contributed by atoms with Gasteiger partial charge in [0.25, 0.3) is 5.56 Å². The van der Waals surface area contributed by atoms with Crippen LogP contribution in [0.1, 0.15) is 57.5 Å². The zero-order valence-corrected chi connectivity index (χ0v) is 30.1. The fraction of sp³-hybridized carbons (Fsp3) is 0.182. The Bertz CT molecular complexity index is 1340. The summed E-state index contributed by atoms with van der Waals surface area (Å²) in [7, 11) is 0. The van der Waals surface area contributed by atoms with E-state index in [1.54, 1.807) is 20.8 Å². The van der Waals surface area contributed by atoms with Gasteiger partial charge in [0, 0.05) is 5.41 Å². The number of carbonyl (C=O) groups is 3. The standard InChI is InChI=1S/C22H20N4O7.3K/c1-22(2,3)17-16(24-23-14-6-4-5-11(8-14)19(28)29)18(27)26(25-17)15-9-12(20(30)31)7-13(10-15)21(32)33;;;/h4-10,25H,1-3H3,(H,28,29)(H,30,31)(H,32,33);;;/q;3*+1/p-3. The molecule has 0 spiro atoms. The third-order valence-electron chi connectivity index (χ3n) is 4.61. The van der Waals surface area contributed by atoms with E-state index >= 15 is 0 Å². The SMILES string of the molecule is CC(C)(C)c1[nH]n(-c2cc(C(=O)[O-])cc(C(=O)[O-])c2)c(=O)c1N=Nc1cccc(C(=O)[O-])c1.[K+].[K+].[K+]. The number of azo groups is 1. The Morgan fingerprint density at radius 1 is 0.806 bits per heavy atom. The number of benzene rings is 2. The molecule has 1 heterocycles. The van der Waals surface area contributed by atoms with E-state index in [0.717, 1.165) is 22.9 Å². The first-order chi connectivity index (χ1) is 15.4. The summed E-state index contributed by atoms with van der Waals surface area (Å²) in [5, 5.41) is 44.4. The second kappa shape index (κ2) is 15.2. The smallest absolute Gasteiger partial charge is 0.545 e. The van der Waals surface area contributed by atoms with E-state index in [2.05, 4.69) is 15.3 Å². The van der Waals surface area contributed by atoms with Crippen molar-refractivity contribution in [2.45, 2.75) is 26.2 Å². The van der Waals surface area contributed by atoms with E-state index in [4.69, 9.17) is 0 Å². The van der Waals surface area contributed by atoms with Gasteiger partial charge in [-0.1, -0.05) is 32.9 Å². The van der Waals surface area contributed by atoms with Gasteiger partial charge < -0.3 is 29.7 Å². The van der Waals surface area contributed by atoms with Crippen molar-refractivity contribution in [2.24, 2.45) is 10.2 Å². The van der Waals surface area contributed by atoms with Crippen molar-refractivity contribution < 1.29 is 184 Å². The van der Waals surface area contributed by atoms with Crippen LogP contribution in [-0.4, -0.2) is 27.7 Å². The van der Waals surface area contributed by atoms with Gasteiger partial charge in [0.2, 0.25) is 0 Å². The predicted octanol–water partition coefficient (Wildman–Crippen LogP) is -9.02. The van der Waals surface area contributed by atoms with Gasteiger partial charge in [-0.05, 0) is 47.0 Å². The van der Waals surface area contributed by atoms with Crippen molar-refractivity contribution in [1.29, 1.82) is 0 Å². The minimum absolute atomic E-state index is 0. The molecule has 1 N–H and O–H groups in total. The fourth-order valence-corrected chi connectivity index (χ4v) is 3.00. The predicted molar refractivity (Wildman–Crippen MR) is 109 cm³/mol. The van der Waals surface area contributed by atoms with Crippen LogP contribution in [0.3, 0.4) is 0 Å². The van der Waals surface area contributed by atoms with Crippen LogP contribution in [0.5, 0.6) is 0 Å². The molecular weight excluding hydrogens is 550 g/mol. The quantitative estimate of drug-likeness (QED) is 0.227. The molecule has 1 aromatic heterocycles. The van der Waals surface area contributed by atoms with Crippen LogP contribution < -0.4 is 175 Å². The second-order valence-corrected chi connectivity index (χ2v) is 8.11. The summed E-state index contributed by atoms with van der Waals surface area (Å²) in [6.45, 7) is 5.34. The number of rotatable bonds is 6. The first kappa shape index (κ1) is 36.4. The Hall–Kier alpha value is 0.369. The van der Waals surface area contributed by atoms with E-state index in [0.29, 0.717) is 5.69 Å².